The van der Waals surface area contributed by atoms with Gasteiger partial charge in [-0.25, -0.2) is 0 Å². The third kappa shape index (κ3) is 3.06. The zero-order valence-electron chi connectivity index (χ0n) is 7.01. The van der Waals surface area contributed by atoms with Crippen LogP contribution in [0.15, 0.2) is 0 Å². The highest BCUT2D eigenvalue weighted by Gasteiger charge is 2.67. The molecule has 0 aliphatic heterocycles. The maximum atomic E-state index is 10.6. The molecule has 0 saturated heterocycles. The van der Waals surface area contributed by atoms with Crippen LogP contribution in [0.3, 0.4) is 0 Å². The molecule has 0 atom stereocenters. The predicted octanol–water partition coefficient (Wildman–Crippen LogP) is 4.90. The van der Waals surface area contributed by atoms with Crippen molar-refractivity contribution >= 4 is 99.1 Å². The molecular formula is C6H4Cl8O. The minimum Gasteiger partial charge on any atom is -0.300 e. The summed E-state index contributed by atoms with van der Waals surface area (Å²) in [5.74, 6) is 0. The first-order valence-electron chi connectivity index (χ1n) is 3.29. The average Bonchev–Trinajstić information content (AvgIpc) is 2.01. The van der Waals surface area contributed by atoms with Gasteiger partial charge in [-0.15, -0.1) is 0 Å². The summed E-state index contributed by atoms with van der Waals surface area (Å²) in [6.07, 6.45) is 0.0785. The van der Waals surface area contributed by atoms with Crippen LogP contribution in [0.2, 0.25) is 0 Å². The van der Waals surface area contributed by atoms with Gasteiger partial charge in [0.15, 0.2) is 19.3 Å². The highest BCUT2D eigenvalue weighted by Crippen LogP contribution is 2.60. The average molecular weight is 376 g/mol. The van der Waals surface area contributed by atoms with Crippen LogP contribution in [-0.4, -0.2) is 23.6 Å². The fraction of sp³-hybridized carbons (Fsp3) is 0.833. The van der Waals surface area contributed by atoms with E-state index in [0.717, 1.165) is 0 Å². The lowest BCUT2D eigenvalue weighted by molar-refractivity contribution is -0.108. The van der Waals surface area contributed by atoms with E-state index in [2.05, 4.69) is 0 Å². The second kappa shape index (κ2) is 4.93. The molecule has 15 heavy (non-hydrogen) atoms. The third-order valence-corrected chi connectivity index (χ3v) is 6.47. The summed E-state index contributed by atoms with van der Waals surface area (Å²) in [5.41, 5.74) is 0. The largest absolute Gasteiger partial charge is 0.300 e. The molecule has 0 rings (SSSR count). The zero-order valence-corrected chi connectivity index (χ0v) is 13.1. The molecule has 0 saturated carbocycles. The molecule has 0 aromatic carbocycles. The standard InChI is InChI=1S/C6H4Cl8O/c1-3(7,8)5(11,12)6(13,14)4(9,10)2-15/h2H,1H3. The lowest BCUT2D eigenvalue weighted by Gasteiger charge is -2.42. The van der Waals surface area contributed by atoms with Gasteiger partial charge in [-0.3, -0.25) is 4.79 Å². The van der Waals surface area contributed by atoms with Crippen LogP contribution in [0.4, 0.5) is 0 Å². The summed E-state index contributed by atoms with van der Waals surface area (Å²) in [7, 11) is 0. The number of carbonyl (C=O) groups is 1. The van der Waals surface area contributed by atoms with Crippen molar-refractivity contribution in [2.45, 2.75) is 24.3 Å². The molecule has 0 bridgehead atoms. The molecule has 0 amide bonds. The molecule has 0 spiro atoms. The minimum absolute atomic E-state index is 0.0785. The second-order valence-electron chi connectivity index (χ2n) is 2.78. The summed E-state index contributed by atoms with van der Waals surface area (Å²) in [4.78, 5) is 10.6. The van der Waals surface area contributed by atoms with E-state index in [1.807, 2.05) is 0 Å². The molecule has 0 N–H and O–H groups in total. The lowest BCUT2D eigenvalue weighted by Crippen LogP contribution is -2.57. The molecule has 0 fully saturated rings. The van der Waals surface area contributed by atoms with Crippen molar-refractivity contribution < 1.29 is 4.79 Å². The fourth-order valence-electron chi connectivity index (χ4n) is 0.559. The van der Waals surface area contributed by atoms with Crippen LogP contribution in [0.5, 0.6) is 0 Å². The quantitative estimate of drug-likeness (QED) is 0.504. The van der Waals surface area contributed by atoms with E-state index in [-0.39, 0.29) is 6.29 Å². The summed E-state index contributed by atoms with van der Waals surface area (Å²) in [5, 5.41) is 0. The van der Waals surface area contributed by atoms with Crippen molar-refractivity contribution in [2.75, 3.05) is 0 Å². The Hall–Kier alpha value is 1.99. The molecule has 90 valence electrons. The Morgan fingerprint density at radius 1 is 0.800 bits per heavy atom. The summed E-state index contributed by atoms with van der Waals surface area (Å²) in [6, 6.07) is 0. The Morgan fingerprint density at radius 3 is 1.33 bits per heavy atom. The highest BCUT2D eigenvalue weighted by atomic mass is 35.6. The van der Waals surface area contributed by atoms with Crippen molar-refractivity contribution in [3.05, 3.63) is 0 Å². The number of halogens is 8. The van der Waals surface area contributed by atoms with Gasteiger partial charge in [-0.05, 0) is 6.92 Å². The van der Waals surface area contributed by atoms with Crippen LogP contribution in [0, 0.1) is 0 Å². The highest BCUT2D eigenvalue weighted by molar-refractivity contribution is 6.75. The van der Waals surface area contributed by atoms with Crippen molar-refractivity contribution in [1.29, 1.82) is 0 Å². The number of aldehydes is 1. The van der Waals surface area contributed by atoms with Crippen LogP contribution < -0.4 is 0 Å². The summed E-state index contributed by atoms with van der Waals surface area (Å²) in [6.45, 7) is 1.23. The van der Waals surface area contributed by atoms with Crippen molar-refractivity contribution in [1.82, 2.24) is 0 Å². The Labute approximate surface area is 127 Å². The predicted molar refractivity (Wildman–Crippen MR) is 69.5 cm³/mol. The maximum absolute atomic E-state index is 10.6. The van der Waals surface area contributed by atoms with E-state index in [9.17, 15) is 4.79 Å². The van der Waals surface area contributed by atoms with Crippen LogP contribution in [-0.2, 0) is 4.79 Å². The second-order valence-corrected chi connectivity index (χ2v) is 8.52. The minimum atomic E-state index is -2.30. The fourth-order valence-corrected chi connectivity index (χ4v) is 2.28. The monoisotopic (exact) mass is 372 g/mol. The molecule has 0 heterocycles. The van der Waals surface area contributed by atoms with Gasteiger partial charge in [0.05, 0.1) is 0 Å². The van der Waals surface area contributed by atoms with Gasteiger partial charge in [-0.1, -0.05) is 92.8 Å². The Bertz CT molecular complexity index is 252. The molecule has 0 aromatic heterocycles. The SMILES string of the molecule is CC(Cl)(Cl)C(Cl)(Cl)C(Cl)(Cl)C(Cl)(Cl)C=O. The number of rotatable bonds is 4. The Balaban J connectivity index is 5.47. The zero-order chi connectivity index (χ0) is 12.7. The first kappa shape index (κ1) is 17.0. The number of hydrogen-bond acceptors (Lipinski definition) is 1. The van der Waals surface area contributed by atoms with Crippen molar-refractivity contribution in [3.63, 3.8) is 0 Å². The number of carbonyl (C=O) groups excluding carboxylic acids is 1. The summed E-state index contributed by atoms with van der Waals surface area (Å²) < 4.78 is -8.51. The van der Waals surface area contributed by atoms with Gasteiger partial charge in [0.25, 0.3) is 0 Å². The number of alkyl halides is 8. The topological polar surface area (TPSA) is 17.1 Å². The van der Waals surface area contributed by atoms with E-state index < -0.39 is 17.3 Å². The van der Waals surface area contributed by atoms with Gasteiger partial charge in [0.2, 0.25) is 4.33 Å². The van der Waals surface area contributed by atoms with E-state index in [0.29, 0.717) is 0 Å². The van der Waals surface area contributed by atoms with Gasteiger partial charge in [0, 0.05) is 0 Å². The molecule has 0 radical (unpaired) electrons. The first-order valence-corrected chi connectivity index (χ1v) is 6.31. The molecule has 0 aliphatic rings. The third-order valence-electron chi connectivity index (χ3n) is 1.51. The van der Waals surface area contributed by atoms with E-state index in [1.54, 1.807) is 0 Å². The van der Waals surface area contributed by atoms with E-state index in [1.165, 1.54) is 6.92 Å². The van der Waals surface area contributed by atoms with E-state index >= 15 is 0 Å². The van der Waals surface area contributed by atoms with Crippen LogP contribution in [0.1, 0.15) is 6.92 Å². The van der Waals surface area contributed by atoms with Crippen LogP contribution >= 0.6 is 92.8 Å². The Kier molecular flexibility index (Phi) is 5.59. The van der Waals surface area contributed by atoms with Gasteiger partial charge < -0.3 is 0 Å². The Morgan fingerprint density at radius 2 is 1.13 bits per heavy atom. The molecule has 0 aromatic rings. The summed E-state index contributed by atoms with van der Waals surface area (Å²) >= 11 is 45.5. The first-order chi connectivity index (χ1) is 6.31. The van der Waals surface area contributed by atoms with Crippen molar-refractivity contribution in [2.24, 2.45) is 0 Å². The molecule has 0 aliphatic carbocycles. The normalized spacial score (nSPS) is 15.3. The smallest absolute Gasteiger partial charge is 0.208 e. The van der Waals surface area contributed by atoms with Crippen molar-refractivity contribution in [3.8, 4) is 0 Å². The lowest BCUT2D eigenvalue weighted by atomic mass is 10.1. The molecular weight excluding hydrogens is 372 g/mol. The molecule has 1 nitrogen and oxygen atoms in total. The number of hydrogen-bond donors (Lipinski definition) is 0. The maximum Gasteiger partial charge on any atom is 0.208 e. The van der Waals surface area contributed by atoms with Gasteiger partial charge >= 0.3 is 0 Å². The van der Waals surface area contributed by atoms with Gasteiger partial charge in [-0.2, -0.15) is 0 Å². The van der Waals surface area contributed by atoms with Crippen LogP contribution in [0.25, 0.3) is 0 Å². The molecule has 9 heteroatoms. The van der Waals surface area contributed by atoms with E-state index in [4.69, 9.17) is 92.8 Å². The van der Waals surface area contributed by atoms with Gasteiger partial charge in [0.1, 0.15) is 0 Å². The molecule has 0 unspecified atom stereocenters.